The summed E-state index contributed by atoms with van der Waals surface area (Å²) in [5.74, 6) is -0.538. The average Bonchev–Trinajstić information content (AvgIpc) is 2.88. The Bertz CT molecular complexity index is 1410. The monoisotopic (exact) mass is 624 g/mol. The number of rotatable bonds is 7. The number of anilines is 1. The number of hydrogen-bond acceptors (Lipinski definition) is 5. The number of hydrogen-bond donors (Lipinski definition) is 1. The maximum absolute atomic E-state index is 13.2. The first-order valence-electron chi connectivity index (χ1n) is 11.2. The molecule has 0 unspecified atom stereocenters. The molecular weight excluding hydrogens is 604 g/mol. The van der Waals surface area contributed by atoms with Gasteiger partial charge in [0.25, 0.3) is 11.8 Å². The fraction of sp³-hybridized carbons (Fsp3) is 0.107. The van der Waals surface area contributed by atoms with Crippen molar-refractivity contribution in [1.82, 2.24) is 5.32 Å². The molecule has 0 bridgehead atoms. The number of halogens is 2. The molecule has 0 atom stereocenters. The van der Waals surface area contributed by atoms with Crippen LogP contribution in [-0.2, 0) is 16.2 Å². The lowest BCUT2D eigenvalue weighted by Gasteiger charge is -2.26. The minimum Gasteiger partial charge on any atom is -0.493 e. The maximum atomic E-state index is 13.2. The Morgan fingerprint density at radius 2 is 1.59 bits per heavy atom. The number of nitrogens with zero attached hydrogens (tertiary/aromatic N) is 1. The highest BCUT2D eigenvalue weighted by atomic mass is 79.9. The zero-order valence-electron chi connectivity index (χ0n) is 20.0. The van der Waals surface area contributed by atoms with Crippen molar-refractivity contribution in [3.8, 4) is 11.5 Å². The Hall–Kier alpha value is -3.69. The van der Waals surface area contributed by atoms with Crippen molar-refractivity contribution >= 4 is 67.5 Å². The topological polar surface area (TPSA) is 84.9 Å². The van der Waals surface area contributed by atoms with Gasteiger partial charge in [0.1, 0.15) is 12.2 Å². The first kappa shape index (κ1) is 26.4. The first-order valence-corrected chi connectivity index (χ1v) is 12.8. The van der Waals surface area contributed by atoms with E-state index in [1.807, 2.05) is 43.3 Å². The van der Waals surface area contributed by atoms with Crippen molar-refractivity contribution in [2.24, 2.45) is 0 Å². The molecule has 3 aromatic rings. The van der Waals surface area contributed by atoms with Crippen LogP contribution < -0.4 is 19.7 Å². The lowest BCUT2D eigenvalue weighted by molar-refractivity contribution is -0.122. The number of amides is 4. The zero-order valence-corrected chi connectivity index (χ0v) is 23.1. The molecule has 1 N–H and O–H groups in total. The van der Waals surface area contributed by atoms with Gasteiger partial charge in [0.05, 0.1) is 12.8 Å². The SMILES string of the molecule is C/C=C/c1cc(/C=C2/C(=O)NC(=O)N(c3ccc(Br)cc3)C2=O)cc(OC)c1OCc1ccc(Br)cc1. The zero-order chi connectivity index (χ0) is 26.5. The summed E-state index contributed by atoms with van der Waals surface area (Å²) in [4.78, 5) is 39.3. The second-order valence-corrected chi connectivity index (χ2v) is 9.82. The summed E-state index contributed by atoms with van der Waals surface area (Å²) >= 11 is 6.76. The second kappa shape index (κ2) is 11.6. The smallest absolute Gasteiger partial charge is 0.335 e. The van der Waals surface area contributed by atoms with E-state index in [-0.39, 0.29) is 5.57 Å². The van der Waals surface area contributed by atoms with E-state index in [1.54, 1.807) is 36.4 Å². The maximum Gasteiger partial charge on any atom is 0.335 e. The summed E-state index contributed by atoms with van der Waals surface area (Å²) in [6.45, 7) is 2.19. The molecule has 3 aromatic carbocycles. The molecule has 9 heteroatoms. The molecule has 188 valence electrons. The van der Waals surface area contributed by atoms with Crippen LogP contribution in [0.3, 0.4) is 0 Å². The number of ether oxygens (including phenoxy) is 2. The quantitative estimate of drug-likeness (QED) is 0.239. The molecule has 7 nitrogen and oxygen atoms in total. The molecule has 4 amide bonds. The number of carbonyl (C=O) groups excluding carboxylic acids is 3. The van der Waals surface area contributed by atoms with Crippen LogP contribution in [0.4, 0.5) is 10.5 Å². The Kier molecular flexibility index (Phi) is 8.25. The van der Waals surface area contributed by atoms with Crippen LogP contribution in [0.1, 0.15) is 23.6 Å². The number of barbiturate groups is 1. The van der Waals surface area contributed by atoms with E-state index in [0.717, 1.165) is 19.4 Å². The van der Waals surface area contributed by atoms with Crippen molar-refractivity contribution in [1.29, 1.82) is 0 Å². The molecule has 1 aliphatic heterocycles. The fourth-order valence-corrected chi connectivity index (χ4v) is 4.25. The molecule has 0 spiro atoms. The normalized spacial score (nSPS) is 14.9. The standard InChI is InChI=1S/C28H22Br2N2O5/c1-3-4-19-13-18(15-24(36-2)25(19)37-16-17-5-7-20(29)8-6-17)14-23-26(33)31-28(35)32(27(23)34)22-11-9-21(30)10-12-22/h3-15H,16H2,1-2H3,(H,31,33,35)/b4-3+,23-14-. The minimum absolute atomic E-state index is 0.181. The van der Waals surface area contributed by atoms with Crippen LogP contribution in [-0.4, -0.2) is 25.0 Å². The average molecular weight is 626 g/mol. The summed E-state index contributed by atoms with van der Waals surface area (Å²) < 4.78 is 13.5. The molecule has 0 aromatic heterocycles. The number of nitrogens with one attached hydrogen (secondary N) is 1. The number of urea groups is 1. The molecule has 1 saturated heterocycles. The third kappa shape index (κ3) is 6.00. The number of allylic oxidation sites excluding steroid dienone is 1. The van der Waals surface area contributed by atoms with Gasteiger partial charge in [-0.2, -0.15) is 0 Å². The summed E-state index contributed by atoms with van der Waals surface area (Å²) in [5.41, 5.74) is 2.37. The van der Waals surface area contributed by atoms with E-state index in [4.69, 9.17) is 9.47 Å². The Balaban J connectivity index is 1.69. The van der Waals surface area contributed by atoms with Gasteiger partial charge < -0.3 is 9.47 Å². The van der Waals surface area contributed by atoms with Crippen molar-refractivity contribution in [3.05, 3.63) is 97.9 Å². The molecule has 0 radical (unpaired) electrons. The second-order valence-electron chi connectivity index (χ2n) is 7.99. The van der Waals surface area contributed by atoms with Gasteiger partial charge in [-0.1, -0.05) is 56.1 Å². The van der Waals surface area contributed by atoms with Gasteiger partial charge in [0.2, 0.25) is 0 Å². The van der Waals surface area contributed by atoms with Crippen molar-refractivity contribution < 1.29 is 23.9 Å². The highest BCUT2D eigenvalue weighted by molar-refractivity contribution is 9.10. The highest BCUT2D eigenvalue weighted by Gasteiger charge is 2.36. The predicted octanol–water partition coefficient (Wildman–Crippen LogP) is 6.50. The number of carbonyl (C=O) groups is 3. The first-order chi connectivity index (χ1) is 17.8. The summed E-state index contributed by atoms with van der Waals surface area (Å²) in [5, 5.41) is 2.24. The summed E-state index contributed by atoms with van der Waals surface area (Å²) in [6, 6.07) is 17.1. The van der Waals surface area contributed by atoms with Crippen LogP contribution in [0.25, 0.3) is 12.2 Å². The number of imide groups is 2. The molecule has 1 heterocycles. The van der Waals surface area contributed by atoms with Crippen LogP contribution in [0, 0.1) is 0 Å². The molecule has 0 aliphatic carbocycles. The van der Waals surface area contributed by atoms with E-state index >= 15 is 0 Å². The summed E-state index contributed by atoms with van der Waals surface area (Å²) in [6.07, 6.45) is 5.14. The van der Waals surface area contributed by atoms with Gasteiger partial charge in [-0.05, 0) is 72.7 Å². The van der Waals surface area contributed by atoms with Gasteiger partial charge in [-0.3, -0.25) is 14.9 Å². The fourth-order valence-electron chi connectivity index (χ4n) is 3.72. The predicted molar refractivity (Wildman–Crippen MR) is 149 cm³/mol. The van der Waals surface area contributed by atoms with Crippen molar-refractivity contribution in [2.45, 2.75) is 13.5 Å². The Labute approximate surface area is 231 Å². The van der Waals surface area contributed by atoms with Crippen molar-refractivity contribution in [3.63, 3.8) is 0 Å². The molecular formula is C28H22Br2N2O5. The summed E-state index contributed by atoms with van der Waals surface area (Å²) in [7, 11) is 1.52. The van der Waals surface area contributed by atoms with Crippen LogP contribution in [0.2, 0.25) is 0 Å². The van der Waals surface area contributed by atoms with Gasteiger partial charge in [-0.25, -0.2) is 9.69 Å². The van der Waals surface area contributed by atoms with E-state index in [1.165, 1.54) is 13.2 Å². The van der Waals surface area contributed by atoms with E-state index in [2.05, 4.69) is 37.2 Å². The van der Waals surface area contributed by atoms with Crippen LogP contribution in [0.15, 0.2) is 81.3 Å². The lowest BCUT2D eigenvalue weighted by atomic mass is 10.0. The van der Waals surface area contributed by atoms with Gasteiger partial charge in [0, 0.05) is 14.5 Å². The molecule has 0 saturated carbocycles. The Morgan fingerprint density at radius 3 is 2.22 bits per heavy atom. The third-order valence-corrected chi connectivity index (χ3v) is 6.52. The van der Waals surface area contributed by atoms with Gasteiger partial charge in [-0.15, -0.1) is 0 Å². The number of methoxy groups -OCH3 is 1. The van der Waals surface area contributed by atoms with Crippen LogP contribution >= 0.6 is 31.9 Å². The van der Waals surface area contributed by atoms with Crippen molar-refractivity contribution in [2.75, 3.05) is 12.0 Å². The van der Waals surface area contributed by atoms with Gasteiger partial charge >= 0.3 is 6.03 Å². The molecule has 1 fully saturated rings. The molecule has 37 heavy (non-hydrogen) atoms. The lowest BCUT2D eigenvalue weighted by Crippen LogP contribution is -2.54. The third-order valence-electron chi connectivity index (χ3n) is 5.47. The number of benzene rings is 3. The molecule has 1 aliphatic rings. The largest absolute Gasteiger partial charge is 0.493 e. The van der Waals surface area contributed by atoms with Crippen LogP contribution in [0.5, 0.6) is 11.5 Å². The Morgan fingerprint density at radius 1 is 0.946 bits per heavy atom. The minimum atomic E-state index is -0.807. The van der Waals surface area contributed by atoms with Gasteiger partial charge in [0.15, 0.2) is 11.5 Å². The van der Waals surface area contributed by atoms with E-state index in [0.29, 0.717) is 34.9 Å². The highest BCUT2D eigenvalue weighted by Crippen LogP contribution is 2.36. The van der Waals surface area contributed by atoms with E-state index < -0.39 is 17.8 Å². The molecule has 4 rings (SSSR count). The van der Waals surface area contributed by atoms with E-state index in [9.17, 15) is 14.4 Å².